The van der Waals surface area contributed by atoms with Crippen LogP contribution in [0.2, 0.25) is 0 Å². The van der Waals surface area contributed by atoms with Crippen molar-refractivity contribution < 1.29 is 19.1 Å². The van der Waals surface area contributed by atoms with Crippen molar-refractivity contribution in [2.75, 3.05) is 43.0 Å². The minimum atomic E-state index is -0.488. The van der Waals surface area contributed by atoms with E-state index in [1.165, 1.54) is 0 Å². The molecule has 158 valence electrons. The van der Waals surface area contributed by atoms with Gasteiger partial charge >= 0.3 is 6.09 Å². The molecule has 0 spiro atoms. The summed E-state index contributed by atoms with van der Waals surface area (Å²) in [6, 6.07) is 7.69. The van der Waals surface area contributed by atoms with Gasteiger partial charge in [0, 0.05) is 51.0 Å². The molecule has 2 heterocycles. The summed E-state index contributed by atoms with van der Waals surface area (Å²) in [6.07, 6.45) is 0.620. The van der Waals surface area contributed by atoms with Crippen LogP contribution < -0.4 is 15.1 Å². The molecule has 1 atom stereocenters. The highest BCUT2D eigenvalue weighted by Gasteiger charge is 2.30. The van der Waals surface area contributed by atoms with Crippen LogP contribution in [0.5, 0.6) is 0 Å². The Morgan fingerprint density at radius 3 is 2.28 bits per heavy atom. The molecule has 2 aliphatic heterocycles. The number of piperazine rings is 1. The Kier molecular flexibility index (Phi) is 6.00. The molecule has 29 heavy (non-hydrogen) atoms. The van der Waals surface area contributed by atoms with Crippen LogP contribution >= 0.6 is 0 Å². The third-order valence-corrected chi connectivity index (χ3v) is 5.23. The first kappa shape index (κ1) is 21.0. The van der Waals surface area contributed by atoms with Crippen LogP contribution in [0.3, 0.4) is 0 Å². The van der Waals surface area contributed by atoms with Gasteiger partial charge in [-0.25, -0.2) is 4.79 Å². The number of amides is 3. The summed E-state index contributed by atoms with van der Waals surface area (Å²) in [7, 11) is 1.87. The quantitative estimate of drug-likeness (QED) is 0.779. The van der Waals surface area contributed by atoms with Gasteiger partial charge in [-0.05, 0) is 51.5 Å². The molecular weight excluding hydrogens is 372 g/mol. The molecular formula is C21H30N4O4. The average molecular weight is 402 g/mol. The van der Waals surface area contributed by atoms with Crippen LogP contribution in [0, 0.1) is 0 Å². The number of carbonyl (C=O) groups is 3. The first-order valence-corrected chi connectivity index (χ1v) is 10.0. The maximum atomic E-state index is 12.2. The molecule has 2 saturated heterocycles. The fourth-order valence-electron chi connectivity index (χ4n) is 3.60. The van der Waals surface area contributed by atoms with Gasteiger partial charge in [-0.3, -0.25) is 14.9 Å². The number of ether oxygens (including phenoxy) is 1. The molecule has 0 aliphatic carbocycles. The zero-order chi connectivity index (χ0) is 21.2. The molecule has 0 bridgehead atoms. The second kappa shape index (κ2) is 8.31. The van der Waals surface area contributed by atoms with E-state index < -0.39 is 5.60 Å². The lowest BCUT2D eigenvalue weighted by atomic mass is 10.0. The predicted octanol–water partition coefficient (Wildman–Crippen LogP) is 1.99. The van der Waals surface area contributed by atoms with Gasteiger partial charge in [-0.1, -0.05) is 0 Å². The zero-order valence-electron chi connectivity index (χ0n) is 17.6. The SMILES string of the molecule is CN(c1ccc(N2CCN(C(=O)OC(C)(C)C)CC2)cc1)C1CCC(=O)NC1=O. The van der Waals surface area contributed by atoms with Gasteiger partial charge in [0.2, 0.25) is 11.8 Å². The van der Waals surface area contributed by atoms with Gasteiger partial charge in [-0.15, -0.1) is 0 Å². The Morgan fingerprint density at radius 2 is 1.72 bits per heavy atom. The van der Waals surface area contributed by atoms with Gasteiger partial charge in [0.05, 0.1) is 0 Å². The van der Waals surface area contributed by atoms with Gasteiger partial charge in [-0.2, -0.15) is 0 Å². The number of nitrogens with zero attached hydrogens (tertiary/aromatic N) is 3. The smallest absolute Gasteiger partial charge is 0.410 e. The minimum Gasteiger partial charge on any atom is -0.444 e. The van der Waals surface area contributed by atoms with Crippen molar-refractivity contribution in [1.29, 1.82) is 0 Å². The number of imide groups is 1. The highest BCUT2D eigenvalue weighted by Crippen LogP contribution is 2.24. The second-order valence-electron chi connectivity index (χ2n) is 8.55. The molecule has 0 saturated carbocycles. The average Bonchev–Trinajstić information content (AvgIpc) is 2.66. The normalized spacial score (nSPS) is 20.3. The molecule has 3 amide bonds. The number of carbonyl (C=O) groups excluding carboxylic acids is 3. The van der Waals surface area contributed by atoms with Crippen LogP contribution in [0.4, 0.5) is 16.2 Å². The number of rotatable bonds is 3. The Morgan fingerprint density at radius 1 is 1.10 bits per heavy atom. The number of hydrogen-bond acceptors (Lipinski definition) is 6. The lowest BCUT2D eigenvalue weighted by Gasteiger charge is -2.37. The van der Waals surface area contributed by atoms with Crippen molar-refractivity contribution in [1.82, 2.24) is 10.2 Å². The minimum absolute atomic E-state index is 0.208. The summed E-state index contributed by atoms with van der Waals surface area (Å²) in [4.78, 5) is 41.5. The van der Waals surface area contributed by atoms with E-state index in [-0.39, 0.29) is 23.9 Å². The van der Waals surface area contributed by atoms with Gasteiger partial charge in [0.25, 0.3) is 0 Å². The van der Waals surface area contributed by atoms with E-state index in [0.717, 1.165) is 24.5 Å². The van der Waals surface area contributed by atoms with Crippen LogP contribution in [-0.4, -0.2) is 67.7 Å². The van der Waals surface area contributed by atoms with Gasteiger partial charge < -0.3 is 19.4 Å². The summed E-state index contributed by atoms with van der Waals surface area (Å²) in [5, 5.41) is 2.40. The molecule has 0 aromatic heterocycles. The Labute approximate surface area is 171 Å². The molecule has 2 fully saturated rings. The maximum Gasteiger partial charge on any atom is 0.410 e. The van der Waals surface area contributed by atoms with E-state index >= 15 is 0 Å². The Bertz CT molecular complexity index is 764. The van der Waals surface area contributed by atoms with Crippen LogP contribution in [0.1, 0.15) is 33.6 Å². The third-order valence-electron chi connectivity index (χ3n) is 5.23. The number of anilines is 2. The van der Waals surface area contributed by atoms with E-state index in [4.69, 9.17) is 4.74 Å². The molecule has 2 aliphatic rings. The van der Waals surface area contributed by atoms with Gasteiger partial charge in [0.1, 0.15) is 11.6 Å². The highest BCUT2D eigenvalue weighted by atomic mass is 16.6. The van der Waals surface area contributed by atoms with Crippen molar-refractivity contribution in [3.05, 3.63) is 24.3 Å². The van der Waals surface area contributed by atoms with Gasteiger partial charge in [0.15, 0.2) is 0 Å². The van der Waals surface area contributed by atoms with E-state index in [1.807, 2.05) is 57.0 Å². The van der Waals surface area contributed by atoms with Crippen LogP contribution in [0.25, 0.3) is 0 Å². The summed E-state index contributed by atoms with van der Waals surface area (Å²) < 4.78 is 5.44. The van der Waals surface area contributed by atoms with Crippen molar-refractivity contribution in [3.63, 3.8) is 0 Å². The van der Waals surface area contributed by atoms with E-state index in [2.05, 4.69) is 10.2 Å². The molecule has 8 heteroatoms. The number of hydrogen-bond donors (Lipinski definition) is 1. The van der Waals surface area contributed by atoms with E-state index in [1.54, 1.807) is 4.90 Å². The zero-order valence-corrected chi connectivity index (χ0v) is 17.6. The van der Waals surface area contributed by atoms with E-state index in [9.17, 15) is 14.4 Å². The lowest BCUT2D eigenvalue weighted by molar-refractivity contribution is -0.134. The molecule has 1 aromatic rings. The fraction of sp³-hybridized carbons (Fsp3) is 0.571. The van der Waals surface area contributed by atoms with Crippen molar-refractivity contribution in [2.24, 2.45) is 0 Å². The predicted molar refractivity (Wildman–Crippen MR) is 111 cm³/mol. The first-order valence-electron chi connectivity index (χ1n) is 10.0. The first-order chi connectivity index (χ1) is 13.6. The third kappa shape index (κ3) is 5.19. The largest absolute Gasteiger partial charge is 0.444 e. The Balaban J connectivity index is 1.56. The molecule has 8 nitrogen and oxygen atoms in total. The summed E-state index contributed by atoms with van der Waals surface area (Å²) >= 11 is 0. The molecule has 3 rings (SSSR count). The number of benzene rings is 1. The van der Waals surface area contributed by atoms with Crippen LogP contribution in [0.15, 0.2) is 24.3 Å². The van der Waals surface area contributed by atoms with Crippen LogP contribution in [-0.2, 0) is 14.3 Å². The monoisotopic (exact) mass is 402 g/mol. The van der Waals surface area contributed by atoms with E-state index in [0.29, 0.717) is 25.9 Å². The fourth-order valence-corrected chi connectivity index (χ4v) is 3.60. The topological polar surface area (TPSA) is 82.2 Å². The summed E-state index contributed by atoms with van der Waals surface area (Å²) in [5.41, 5.74) is 1.52. The number of likely N-dealkylation sites (N-methyl/N-ethyl adjacent to an activating group) is 1. The van der Waals surface area contributed by atoms with Crippen molar-refractivity contribution in [3.8, 4) is 0 Å². The molecule has 1 unspecified atom stereocenters. The standard InChI is InChI=1S/C21H30N4O4/c1-21(2,3)29-20(28)25-13-11-24(12-14-25)16-7-5-15(6-8-16)23(4)17-9-10-18(26)22-19(17)27/h5-8,17H,9-14H2,1-4H3,(H,22,26,27). The molecule has 0 radical (unpaired) electrons. The number of piperidine rings is 1. The highest BCUT2D eigenvalue weighted by molar-refractivity contribution is 6.01. The second-order valence-corrected chi connectivity index (χ2v) is 8.55. The lowest BCUT2D eigenvalue weighted by Crippen LogP contribution is -2.51. The summed E-state index contributed by atoms with van der Waals surface area (Å²) in [5.74, 6) is -0.452. The molecule has 1 N–H and O–H groups in total. The summed E-state index contributed by atoms with van der Waals surface area (Å²) in [6.45, 7) is 8.32. The van der Waals surface area contributed by atoms with Crippen molar-refractivity contribution >= 4 is 29.3 Å². The maximum absolute atomic E-state index is 12.2. The van der Waals surface area contributed by atoms with Crippen molar-refractivity contribution in [2.45, 2.75) is 45.3 Å². The Hall–Kier alpha value is -2.77. The number of nitrogens with one attached hydrogen (secondary N) is 1. The molecule has 1 aromatic carbocycles.